The van der Waals surface area contributed by atoms with Crippen LogP contribution >= 0.6 is 0 Å². The van der Waals surface area contributed by atoms with E-state index in [1.54, 1.807) is 6.07 Å². The van der Waals surface area contributed by atoms with Crippen LogP contribution in [0.4, 0.5) is 0 Å². The zero-order valence-electron chi connectivity index (χ0n) is 15.3. The molecule has 142 valence electrons. The van der Waals surface area contributed by atoms with E-state index in [-0.39, 0.29) is 10.9 Å². The Bertz CT molecular complexity index is 657. The summed E-state index contributed by atoms with van der Waals surface area (Å²) in [6.45, 7) is 7.57. The molecule has 2 rings (SSSR count). The second kappa shape index (κ2) is 8.84. The Morgan fingerprint density at radius 3 is 2.36 bits per heavy atom. The van der Waals surface area contributed by atoms with E-state index in [0.29, 0.717) is 37.2 Å². The quantitative estimate of drug-likeness (QED) is 0.742. The molecule has 1 saturated heterocycles. The average molecular weight is 372 g/mol. The SMILES string of the molecule is COc1ccc(S(=O)(=O)NCC(C(C)C)N2CCOCC2)cc1OC. The molecule has 0 aliphatic carbocycles. The van der Waals surface area contributed by atoms with Gasteiger partial charge in [0.1, 0.15) is 0 Å². The fourth-order valence-corrected chi connectivity index (χ4v) is 4.02. The molecule has 8 heteroatoms. The number of methoxy groups -OCH3 is 2. The predicted octanol–water partition coefficient (Wildman–Crippen LogP) is 1.34. The Morgan fingerprint density at radius 1 is 1.16 bits per heavy atom. The van der Waals surface area contributed by atoms with Crippen molar-refractivity contribution in [3.63, 3.8) is 0 Å². The standard InChI is InChI=1S/C17H28N2O5S/c1-13(2)15(19-7-9-24-10-8-19)12-18-25(20,21)14-5-6-16(22-3)17(11-14)23-4/h5-6,11,13,15,18H,7-10,12H2,1-4H3. The molecule has 0 aromatic heterocycles. The molecular weight excluding hydrogens is 344 g/mol. The first-order valence-corrected chi connectivity index (χ1v) is 9.91. The van der Waals surface area contributed by atoms with Gasteiger partial charge in [-0.25, -0.2) is 13.1 Å². The molecule has 0 amide bonds. The maximum absolute atomic E-state index is 12.7. The van der Waals surface area contributed by atoms with Crippen LogP contribution in [0.2, 0.25) is 0 Å². The third-order valence-electron chi connectivity index (χ3n) is 4.43. The first kappa shape index (κ1) is 20.0. The minimum absolute atomic E-state index is 0.124. The monoisotopic (exact) mass is 372 g/mol. The van der Waals surface area contributed by atoms with Gasteiger partial charge in [-0.3, -0.25) is 4.90 Å². The number of hydrogen-bond donors (Lipinski definition) is 1. The van der Waals surface area contributed by atoms with Gasteiger partial charge < -0.3 is 14.2 Å². The van der Waals surface area contributed by atoms with Crippen LogP contribution in [0.3, 0.4) is 0 Å². The maximum Gasteiger partial charge on any atom is 0.240 e. The van der Waals surface area contributed by atoms with Gasteiger partial charge in [0, 0.05) is 31.7 Å². The first-order chi connectivity index (χ1) is 11.9. The van der Waals surface area contributed by atoms with Gasteiger partial charge in [0.05, 0.1) is 32.3 Å². The van der Waals surface area contributed by atoms with Crippen LogP contribution in [0.25, 0.3) is 0 Å². The van der Waals surface area contributed by atoms with Gasteiger partial charge in [-0.15, -0.1) is 0 Å². The largest absolute Gasteiger partial charge is 0.493 e. The van der Waals surface area contributed by atoms with E-state index in [4.69, 9.17) is 14.2 Å². The summed E-state index contributed by atoms with van der Waals surface area (Å²) in [5.41, 5.74) is 0. The van der Waals surface area contributed by atoms with E-state index in [2.05, 4.69) is 23.5 Å². The summed E-state index contributed by atoms with van der Waals surface area (Å²) in [7, 11) is -0.634. The lowest BCUT2D eigenvalue weighted by Crippen LogP contribution is -2.51. The molecule has 0 spiro atoms. The van der Waals surface area contributed by atoms with Crippen molar-refractivity contribution >= 4 is 10.0 Å². The second-order valence-corrected chi connectivity index (χ2v) is 8.10. The Hall–Kier alpha value is -1.35. The van der Waals surface area contributed by atoms with Gasteiger partial charge in [0.15, 0.2) is 11.5 Å². The zero-order valence-corrected chi connectivity index (χ0v) is 16.1. The topological polar surface area (TPSA) is 77.1 Å². The number of rotatable bonds is 8. The summed E-state index contributed by atoms with van der Waals surface area (Å²) in [5, 5.41) is 0. The summed E-state index contributed by atoms with van der Waals surface area (Å²) in [4.78, 5) is 2.44. The van der Waals surface area contributed by atoms with Crippen LogP contribution in [0.1, 0.15) is 13.8 Å². The summed E-state index contributed by atoms with van der Waals surface area (Å²) in [6.07, 6.45) is 0. The van der Waals surface area contributed by atoms with Crippen molar-refractivity contribution in [2.45, 2.75) is 24.8 Å². The van der Waals surface area contributed by atoms with Gasteiger partial charge in [-0.2, -0.15) is 0 Å². The number of nitrogens with zero attached hydrogens (tertiary/aromatic N) is 1. The van der Waals surface area contributed by atoms with E-state index in [1.807, 2.05) is 0 Å². The molecule has 25 heavy (non-hydrogen) atoms. The van der Waals surface area contributed by atoms with Gasteiger partial charge >= 0.3 is 0 Å². The highest BCUT2D eigenvalue weighted by atomic mass is 32.2. The molecule has 1 aliphatic rings. The van der Waals surface area contributed by atoms with Crippen molar-refractivity contribution in [3.05, 3.63) is 18.2 Å². The lowest BCUT2D eigenvalue weighted by Gasteiger charge is -2.36. The fourth-order valence-electron chi connectivity index (χ4n) is 2.96. The van der Waals surface area contributed by atoms with Gasteiger partial charge in [0.2, 0.25) is 10.0 Å². The average Bonchev–Trinajstić information content (AvgIpc) is 2.61. The number of benzene rings is 1. The molecule has 1 heterocycles. The maximum atomic E-state index is 12.7. The number of morpholine rings is 1. The van der Waals surface area contributed by atoms with Crippen LogP contribution in [-0.2, 0) is 14.8 Å². The molecule has 1 unspecified atom stereocenters. The molecule has 1 aromatic rings. The fraction of sp³-hybridized carbons (Fsp3) is 0.647. The molecule has 1 N–H and O–H groups in total. The van der Waals surface area contributed by atoms with Gasteiger partial charge in [-0.05, 0) is 18.1 Å². The summed E-state index contributed by atoms with van der Waals surface area (Å²) < 4.78 is 43.8. The highest BCUT2D eigenvalue weighted by molar-refractivity contribution is 7.89. The lowest BCUT2D eigenvalue weighted by molar-refractivity contribution is 0.00776. The van der Waals surface area contributed by atoms with E-state index >= 15 is 0 Å². The Labute approximate surface area is 150 Å². The summed E-state index contributed by atoms with van der Waals surface area (Å²) in [6, 6.07) is 4.71. The molecule has 7 nitrogen and oxygen atoms in total. The lowest BCUT2D eigenvalue weighted by atomic mass is 10.0. The van der Waals surface area contributed by atoms with E-state index in [1.165, 1.54) is 26.4 Å². The van der Waals surface area contributed by atoms with Crippen LogP contribution < -0.4 is 14.2 Å². The van der Waals surface area contributed by atoms with Crippen LogP contribution in [0.15, 0.2) is 23.1 Å². The predicted molar refractivity (Wildman–Crippen MR) is 95.8 cm³/mol. The number of hydrogen-bond acceptors (Lipinski definition) is 6. The summed E-state index contributed by atoms with van der Waals surface area (Å²) in [5.74, 6) is 1.21. The number of sulfonamides is 1. The zero-order chi connectivity index (χ0) is 18.4. The van der Waals surface area contributed by atoms with Crippen molar-refractivity contribution in [2.75, 3.05) is 47.1 Å². The van der Waals surface area contributed by atoms with E-state index in [9.17, 15) is 8.42 Å². The van der Waals surface area contributed by atoms with Gasteiger partial charge in [-0.1, -0.05) is 13.8 Å². The van der Waals surface area contributed by atoms with E-state index in [0.717, 1.165) is 13.1 Å². The molecule has 1 fully saturated rings. The van der Waals surface area contributed by atoms with Gasteiger partial charge in [0.25, 0.3) is 0 Å². The van der Waals surface area contributed by atoms with Crippen molar-refractivity contribution in [3.8, 4) is 11.5 Å². The highest BCUT2D eigenvalue weighted by Crippen LogP contribution is 2.29. The van der Waals surface area contributed by atoms with Crippen molar-refractivity contribution < 1.29 is 22.6 Å². The minimum Gasteiger partial charge on any atom is -0.493 e. The first-order valence-electron chi connectivity index (χ1n) is 8.42. The molecule has 0 bridgehead atoms. The number of nitrogens with one attached hydrogen (secondary N) is 1. The normalized spacial score (nSPS) is 17.5. The molecular formula is C17H28N2O5S. The minimum atomic E-state index is -3.63. The van der Waals surface area contributed by atoms with Crippen molar-refractivity contribution in [1.82, 2.24) is 9.62 Å². The smallest absolute Gasteiger partial charge is 0.240 e. The van der Waals surface area contributed by atoms with Crippen molar-refractivity contribution in [2.24, 2.45) is 5.92 Å². The molecule has 1 atom stereocenters. The van der Waals surface area contributed by atoms with E-state index < -0.39 is 10.0 Å². The molecule has 1 aromatic carbocycles. The highest BCUT2D eigenvalue weighted by Gasteiger charge is 2.26. The Morgan fingerprint density at radius 2 is 1.80 bits per heavy atom. The summed E-state index contributed by atoms with van der Waals surface area (Å²) >= 11 is 0. The second-order valence-electron chi connectivity index (χ2n) is 6.33. The van der Waals surface area contributed by atoms with Crippen LogP contribution in [0.5, 0.6) is 11.5 Å². The number of ether oxygens (including phenoxy) is 3. The van der Waals surface area contributed by atoms with Crippen LogP contribution in [0, 0.1) is 5.92 Å². The Kier molecular flexibility index (Phi) is 7.06. The molecule has 0 saturated carbocycles. The van der Waals surface area contributed by atoms with Crippen LogP contribution in [-0.4, -0.2) is 66.4 Å². The third-order valence-corrected chi connectivity index (χ3v) is 5.85. The third kappa shape index (κ3) is 5.07. The molecule has 1 aliphatic heterocycles. The molecule has 0 radical (unpaired) electrons. The van der Waals surface area contributed by atoms with Crippen molar-refractivity contribution in [1.29, 1.82) is 0 Å². The Balaban J connectivity index is 2.11.